The molecule has 7 heteroatoms. The van der Waals surface area contributed by atoms with E-state index in [9.17, 15) is 9.59 Å². The van der Waals surface area contributed by atoms with Gasteiger partial charge in [-0.15, -0.1) is 0 Å². The molecule has 7 nitrogen and oxygen atoms in total. The van der Waals surface area contributed by atoms with Gasteiger partial charge in [-0.1, -0.05) is 66.7 Å². The monoisotopic (exact) mass is 552 g/mol. The molecule has 1 saturated heterocycles. The number of carbonyl (C=O) groups is 2. The van der Waals surface area contributed by atoms with E-state index in [2.05, 4.69) is 35.6 Å². The normalized spacial score (nSPS) is 16.2. The average molecular weight is 553 g/mol. The summed E-state index contributed by atoms with van der Waals surface area (Å²) < 4.78 is 17.4. The van der Waals surface area contributed by atoms with E-state index in [1.54, 1.807) is 13.8 Å². The van der Waals surface area contributed by atoms with Crippen LogP contribution in [0.1, 0.15) is 31.4 Å². The Morgan fingerprint density at radius 1 is 0.902 bits per heavy atom. The fraction of sp³-hybridized carbons (Fsp3) is 0.294. The number of hydrogen-bond acceptors (Lipinski definition) is 5. The van der Waals surface area contributed by atoms with Gasteiger partial charge in [0.2, 0.25) is 5.60 Å². The van der Waals surface area contributed by atoms with Crippen molar-refractivity contribution in [1.29, 1.82) is 0 Å². The highest BCUT2D eigenvalue weighted by Gasteiger charge is 2.37. The number of amides is 2. The van der Waals surface area contributed by atoms with Crippen molar-refractivity contribution in [3.63, 3.8) is 0 Å². The molecule has 2 unspecified atom stereocenters. The molecule has 0 spiro atoms. The lowest BCUT2D eigenvalue weighted by molar-refractivity contribution is -0.160. The van der Waals surface area contributed by atoms with E-state index in [0.717, 1.165) is 16.9 Å². The Morgan fingerprint density at radius 3 is 2.37 bits per heavy atom. The van der Waals surface area contributed by atoms with Crippen molar-refractivity contribution in [3.8, 4) is 11.5 Å². The number of fused-ring (bicyclic) bond motifs is 1. The number of para-hydroxylation sites is 1. The highest BCUT2D eigenvalue weighted by atomic mass is 16.6. The van der Waals surface area contributed by atoms with Crippen molar-refractivity contribution in [2.24, 2.45) is 0 Å². The van der Waals surface area contributed by atoms with Crippen LogP contribution in [0.4, 0.5) is 4.79 Å². The summed E-state index contributed by atoms with van der Waals surface area (Å²) in [7, 11) is 0. The Balaban J connectivity index is 1.12. The minimum atomic E-state index is -1.17. The molecule has 0 saturated carbocycles. The Labute approximate surface area is 241 Å². The first kappa shape index (κ1) is 28.0. The van der Waals surface area contributed by atoms with Gasteiger partial charge in [0, 0.05) is 25.9 Å². The third-order valence-corrected chi connectivity index (χ3v) is 7.24. The first-order chi connectivity index (χ1) is 19.9. The van der Waals surface area contributed by atoms with Crippen LogP contribution in [-0.4, -0.2) is 48.3 Å². The van der Waals surface area contributed by atoms with Gasteiger partial charge in [0.1, 0.15) is 11.5 Å². The van der Waals surface area contributed by atoms with E-state index in [4.69, 9.17) is 14.2 Å². The van der Waals surface area contributed by atoms with Crippen molar-refractivity contribution in [1.82, 2.24) is 10.2 Å². The van der Waals surface area contributed by atoms with Crippen molar-refractivity contribution < 1.29 is 23.8 Å². The van der Waals surface area contributed by atoms with Gasteiger partial charge in [-0.05, 0) is 66.1 Å². The van der Waals surface area contributed by atoms with Gasteiger partial charge < -0.3 is 24.4 Å². The molecule has 1 N–H and O–H groups in total. The summed E-state index contributed by atoms with van der Waals surface area (Å²) in [6.45, 7) is 5.51. The van der Waals surface area contributed by atoms with Gasteiger partial charge in [0.15, 0.2) is 0 Å². The number of benzene rings is 4. The van der Waals surface area contributed by atoms with Crippen LogP contribution in [0.3, 0.4) is 0 Å². The van der Waals surface area contributed by atoms with Crippen molar-refractivity contribution in [2.75, 3.05) is 19.8 Å². The van der Waals surface area contributed by atoms with Crippen molar-refractivity contribution in [2.45, 2.75) is 44.9 Å². The van der Waals surface area contributed by atoms with Crippen molar-refractivity contribution in [3.05, 3.63) is 108 Å². The lowest BCUT2D eigenvalue weighted by atomic mass is 9.96. The van der Waals surface area contributed by atoms with Crippen molar-refractivity contribution >= 4 is 22.8 Å². The second-order valence-electron chi connectivity index (χ2n) is 10.5. The summed E-state index contributed by atoms with van der Waals surface area (Å²) in [6.07, 6.45) is 1.05. The smallest absolute Gasteiger partial charge is 0.350 e. The number of carbonyl (C=O) groups excluding carboxylic acids is 2. The largest absolute Gasteiger partial charge is 0.494 e. The van der Waals surface area contributed by atoms with E-state index in [1.807, 2.05) is 71.6 Å². The molecule has 1 aliphatic rings. The molecule has 0 aliphatic carbocycles. The predicted molar refractivity (Wildman–Crippen MR) is 159 cm³/mol. The molecule has 4 aromatic rings. The van der Waals surface area contributed by atoms with E-state index in [0.29, 0.717) is 38.3 Å². The number of nitrogens with one attached hydrogen (secondary N) is 1. The minimum Gasteiger partial charge on any atom is -0.494 e. The van der Waals surface area contributed by atoms with Gasteiger partial charge in [-0.25, -0.2) is 9.59 Å². The maximum Gasteiger partial charge on any atom is 0.350 e. The van der Waals surface area contributed by atoms with Gasteiger partial charge in [0.05, 0.1) is 19.3 Å². The summed E-state index contributed by atoms with van der Waals surface area (Å²) in [5, 5.41) is 5.44. The lowest BCUT2D eigenvalue weighted by Crippen LogP contribution is -2.45. The van der Waals surface area contributed by atoms with E-state index >= 15 is 0 Å². The molecule has 4 aromatic carbocycles. The summed E-state index contributed by atoms with van der Waals surface area (Å²) >= 11 is 0. The van der Waals surface area contributed by atoms with Crippen LogP contribution >= 0.6 is 0 Å². The summed E-state index contributed by atoms with van der Waals surface area (Å²) in [5.74, 6) is 0.934. The minimum absolute atomic E-state index is 0.0302. The SMILES string of the molecule is CCOC(=O)C(C)(Cc1ccc(OCCC2CN(Cc3ccc4ccccc4c3)C(=O)N2)cc1)Oc1ccccc1. The molecular formula is C34H36N2O5. The van der Waals surface area contributed by atoms with Crippen LogP contribution in [0.25, 0.3) is 10.8 Å². The molecule has 0 bridgehead atoms. The molecule has 5 rings (SSSR count). The van der Waals surface area contributed by atoms with Crippen LogP contribution < -0.4 is 14.8 Å². The molecule has 0 aromatic heterocycles. The molecule has 1 aliphatic heterocycles. The topological polar surface area (TPSA) is 77.1 Å². The summed E-state index contributed by atoms with van der Waals surface area (Å²) in [6, 6.07) is 31.5. The zero-order chi connectivity index (χ0) is 28.7. The molecule has 212 valence electrons. The molecule has 41 heavy (non-hydrogen) atoms. The highest BCUT2D eigenvalue weighted by molar-refractivity contribution is 5.83. The molecule has 1 heterocycles. The fourth-order valence-corrected chi connectivity index (χ4v) is 5.11. The summed E-state index contributed by atoms with van der Waals surface area (Å²) in [4.78, 5) is 27.2. The van der Waals surface area contributed by atoms with Crippen LogP contribution in [0, 0.1) is 0 Å². The Morgan fingerprint density at radius 2 is 1.61 bits per heavy atom. The zero-order valence-corrected chi connectivity index (χ0v) is 23.5. The first-order valence-electron chi connectivity index (χ1n) is 14.1. The van der Waals surface area contributed by atoms with Crippen LogP contribution in [0.5, 0.6) is 11.5 Å². The predicted octanol–water partition coefficient (Wildman–Crippen LogP) is 6.15. The van der Waals surface area contributed by atoms with Crippen LogP contribution in [0.15, 0.2) is 97.1 Å². The maximum atomic E-state index is 12.8. The second-order valence-corrected chi connectivity index (χ2v) is 10.5. The number of urea groups is 1. The number of ether oxygens (including phenoxy) is 3. The summed E-state index contributed by atoms with van der Waals surface area (Å²) in [5.41, 5.74) is 0.874. The number of esters is 1. The van der Waals surface area contributed by atoms with Gasteiger partial charge in [-0.2, -0.15) is 0 Å². The third kappa shape index (κ3) is 7.17. The van der Waals surface area contributed by atoms with Gasteiger partial charge in [0.25, 0.3) is 0 Å². The number of nitrogens with zero attached hydrogens (tertiary/aromatic N) is 1. The van der Waals surface area contributed by atoms with Crippen LogP contribution in [-0.2, 0) is 22.5 Å². The molecule has 1 fully saturated rings. The Bertz CT molecular complexity index is 1470. The average Bonchev–Trinajstić information content (AvgIpc) is 3.32. The number of hydrogen-bond donors (Lipinski definition) is 1. The number of rotatable bonds is 12. The maximum absolute atomic E-state index is 12.8. The zero-order valence-electron chi connectivity index (χ0n) is 23.5. The Kier molecular flexibility index (Phi) is 8.73. The molecule has 2 amide bonds. The lowest BCUT2D eigenvalue weighted by Gasteiger charge is -2.28. The fourth-order valence-electron chi connectivity index (χ4n) is 5.11. The molecular weight excluding hydrogens is 516 g/mol. The molecule has 0 radical (unpaired) electrons. The Hall–Kier alpha value is -4.52. The van der Waals surface area contributed by atoms with Gasteiger partial charge >= 0.3 is 12.0 Å². The first-order valence-corrected chi connectivity index (χ1v) is 14.1. The van der Waals surface area contributed by atoms with E-state index in [1.165, 1.54) is 10.8 Å². The third-order valence-electron chi connectivity index (χ3n) is 7.24. The second kappa shape index (κ2) is 12.8. The highest BCUT2D eigenvalue weighted by Crippen LogP contribution is 2.25. The van der Waals surface area contributed by atoms with Gasteiger partial charge in [-0.3, -0.25) is 0 Å². The van der Waals surface area contributed by atoms with Crippen LogP contribution in [0.2, 0.25) is 0 Å². The van der Waals surface area contributed by atoms with E-state index in [-0.39, 0.29) is 18.7 Å². The van der Waals surface area contributed by atoms with E-state index < -0.39 is 11.6 Å². The molecule has 2 atom stereocenters. The quantitative estimate of drug-likeness (QED) is 0.214. The standard InChI is InChI=1S/C34H36N2O5/c1-3-39-32(37)34(2,41-31-11-5-4-6-12-31)22-25-14-17-30(18-15-25)40-20-19-29-24-36(33(38)35-29)23-26-13-16-27-9-7-8-10-28(27)21-26/h4-18,21,29H,3,19-20,22-24H2,1-2H3,(H,35,38).